The molecule has 0 fully saturated rings. The molecule has 18 heavy (non-hydrogen) atoms. The van der Waals surface area contributed by atoms with Gasteiger partial charge in [0.2, 0.25) is 0 Å². The molecule has 1 aromatic carbocycles. The summed E-state index contributed by atoms with van der Waals surface area (Å²) in [4.78, 5) is 21.4. The molecule has 2 aromatic heterocycles. The first-order valence-electron chi connectivity index (χ1n) is 5.29. The molecule has 0 aliphatic rings. The van der Waals surface area contributed by atoms with Crippen LogP contribution in [0.4, 0.5) is 5.13 Å². The summed E-state index contributed by atoms with van der Waals surface area (Å²) in [6, 6.07) is 5.48. The van der Waals surface area contributed by atoms with Gasteiger partial charge in [0.15, 0.2) is 5.13 Å². The Hall–Kier alpha value is -1.79. The number of nitrogens with zero attached hydrogens (tertiary/aromatic N) is 2. The topological polar surface area (TPSA) is 54.9 Å². The summed E-state index contributed by atoms with van der Waals surface area (Å²) in [6.07, 6.45) is 1.74. The van der Waals surface area contributed by atoms with Gasteiger partial charge in [0.05, 0.1) is 15.7 Å². The van der Waals surface area contributed by atoms with Gasteiger partial charge in [-0.1, -0.05) is 0 Å². The highest BCUT2D eigenvalue weighted by Crippen LogP contribution is 2.21. The van der Waals surface area contributed by atoms with Gasteiger partial charge in [-0.2, -0.15) is 0 Å². The lowest BCUT2D eigenvalue weighted by atomic mass is 10.2. The number of aromatic nitrogens is 2. The van der Waals surface area contributed by atoms with Crippen LogP contribution in [-0.2, 0) is 0 Å². The lowest BCUT2D eigenvalue weighted by Gasteiger charge is -2.01. The standard InChI is InChI=1S/C12H9N3OS2/c1-7-5-13-12(18-7)15-11(16)8-2-3-9-10(4-8)17-6-14-9/h2-6H,1H3,(H,13,15,16). The van der Waals surface area contributed by atoms with Crippen molar-refractivity contribution in [1.82, 2.24) is 9.97 Å². The molecule has 0 bridgehead atoms. The van der Waals surface area contributed by atoms with Crippen molar-refractivity contribution in [3.05, 3.63) is 40.3 Å². The Morgan fingerprint density at radius 1 is 1.33 bits per heavy atom. The van der Waals surface area contributed by atoms with Gasteiger partial charge in [0, 0.05) is 16.6 Å². The number of carbonyl (C=O) groups is 1. The number of anilines is 1. The normalized spacial score (nSPS) is 10.7. The fourth-order valence-electron chi connectivity index (χ4n) is 1.58. The molecule has 6 heteroatoms. The molecule has 0 spiro atoms. The highest BCUT2D eigenvalue weighted by molar-refractivity contribution is 7.16. The van der Waals surface area contributed by atoms with Gasteiger partial charge in [-0.3, -0.25) is 10.1 Å². The summed E-state index contributed by atoms with van der Waals surface area (Å²) < 4.78 is 1.01. The third-order valence-electron chi connectivity index (χ3n) is 2.44. The molecule has 0 saturated heterocycles. The number of amides is 1. The molecule has 0 radical (unpaired) electrons. The number of rotatable bonds is 2. The zero-order valence-corrected chi connectivity index (χ0v) is 11.1. The van der Waals surface area contributed by atoms with Crippen molar-refractivity contribution >= 4 is 43.9 Å². The molecule has 0 saturated carbocycles. The second-order valence-electron chi connectivity index (χ2n) is 3.77. The molecule has 90 valence electrons. The van der Waals surface area contributed by atoms with Crippen LogP contribution in [0.25, 0.3) is 10.2 Å². The molecular weight excluding hydrogens is 266 g/mol. The first kappa shape index (κ1) is 11.3. The number of hydrogen-bond acceptors (Lipinski definition) is 5. The maximum Gasteiger partial charge on any atom is 0.257 e. The molecule has 0 aliphatic carbocycles. The summed E-state index contributed by atoms with van der Waals surface area (Å²) in [6.45, 7) is 1.96. The van der Waals surface area contributed by atoms with Gasteiger partial charge < -0.3 is 0 Å². The summed E-state index contributed by atoms with van der Waals surface area (Å²) in [5, 5.41) is 3.42. The van der Waals surface area contributed by atoms with E-state index in [1.807, 2.05) is 19.1 Å². The largest absolute Gasteiger partial charge is 0.298 e. The number of nitrogens with one attached hydrogen (secondary N) is 1. The zero-order valence-electron chi connectivity index (χ0n) is 9.51. The zero-order chi connectivity index (χ0) is 12.5. The lowest BCUT2D eigenvalue weighted by Crippen LogP contribution is -2.11. The summed E-state index contributed by atoms with van der Waals surface area (Å²) in [7, 11) is 0. The monoisotopic (exact) mass is 275 g/mol. The van der Waals surface area contributed by atoms with E-state index in [-0.39, 0.29) is 5.91 Å². The summed E-state index contributed by atoms with van der Waals surface area (Å²) in [5.74, 6) is -0.139. The van der Waals surface area contributed by atoms with Crippen LogP contribution in [-0.4, -0.2) is 15.9 Å². The Labute approximate surface area is 111 Å². The highest BCUT2D eigenvalue weighted by Gasteiger charge is 2.09. The van der Waals surface area contributed by atoms with E-state index >= 15 is 0 Å². The number of fused-ring (bicyclic) bond motifs is 1. The van der Waals surface area contributed by atoms with Gasteiger partial charge in [0.25, 0.3) is 5.91 Å². The summed E-state index contributed by atoms with van der Waals surface area (Å²) in [5.41, 5.74) is 3.32. The predicted molar refractivity (Wildman–Crippen MR) is 74.4 cm³/mol. The Morgan fingerprint density at radius 3 is 3.00 bits per heavy atom. The van der Waals surface area contributed by atoms with Crippen molar-refractivity contribution in [2.45, 2.75) is 6.92 Å². The molecule has 0 atom stereocenters. The number of carbonyl (C=O) groups excluding carboxylic acids is 1. The Bertz CT molecular complexity index is 717. The van der Waals surface area contributed by atoms with Crippen molar-refractivity contribution in [1.29, 1.82) is 0 Å². The van der Waals surface area contributed by atoms with E-state index in [9.17, 15) is 4.79 Å². The third-order valence-corrected chi connectivity index (χ3v) is 4.06. The van der Waals surface area contributed by atoms with E-state index in [2.05, 4.69) is 15.3 Å². The molecule has 0 unspecified atom stereocenters. The van der Waals surface area contributed by atoms with E-state index in [0.29, 0.717) is 10.7 Å². The van der Waals surface area contributed by atoms with Crippen LogP contribution in [0.2, 0.25) is 0 Å². The van der Waals surface area contributed by atoms with Gasteiger partial charge in [-0.25, -0.2) is 9.97 Å². The van der Waals surface area contributed by atoms with Crippen LogP contribution in [0.5, 0.6) is 0 Å². The Balaban J connectivity index is 1.87. The van der Waals surface area contributed by atoms with E-state index in [0.717, 1.165) is 15.1 Å². The average Bonchev–Trinajstić information content (AvgIpc) is 2.96. The van der Waals surface area contributed by atoms with E-state index in [1.54, 1.807) is 17.8 Å². The van der Waals surface area contributed by atoms with Gasteiger partial charge >= 0.3 is 0 Å². The van der Waals surface area contributed by atoms with Gasteiger partial charge in [-0.15, -0.1) is 22.7 Å². The third kappa shape index (κ3) is 2.12. The maximum atomic E-state index is 12.0. The van der Waals surface area contributed by atoms with Crippen LogP contribution < -0.4 is 5.32 Å². The minimum atomic E-state index is -0.139. The van der Waals surface area contributed by atoms with Crippen molar-refractivity contribution in [2.75, 3.05) is 5.32 Å². The van der Waals surface area contributed by atoms with Crippen molar-refractivity contribution in [2.24, 2.45) is 0 Å². The fourth-order valence-corrected chi connectivity index (χ4v) is 2.95. The molecule has 1 amide bonds. The smallest absolute Gasteiger partial charge is 0.257 e. The SMILES string of the molecule is Cc1cnc(NC(=O)c2ccc3ncsc3c2)s1. The fraction of sp³-hybridized carbons (Fsp3) is 0.0833. The van der Waals surface area contributed by atoms with E-state index in [4.69, 9.17) is 0 Å². The number of benzene rings is 1. The number of hydrogen-bond donors (Lipinski definition) is 1. The molecule has 3 rings (SSSR count). The second kappa shape index (κ2) is 4.47. The Kier molecular flexibility index (Phi) is 2.81. The average molecular weight is 275 g/mol. The lowest BCUT2D eigenvalue weighted by molar-refractivity contribution is 0.102. The minimum absolute atomic E-state index is 0.139. The van der Waals surface area contributed by atoms with Crippen molar-refractivity contribution in [3.63, 3.8) is 0 Å². The molecule has 4 nitrogen and oxygen atoms in total. The van der Waals surface area contributed by atoms with E-state index < -0.39 is 0 Å². The Morgan fingerprint density at radius 2 is 2.22 bits per heavy atom. The number of thiazole rings is 2. The van der Waals surface area contributed by atoms with Crippen molar-refractivity contribution in [3.8, 4) is 0 Å². The van der Waals surface area contributed by atoms with E-state index in [1.165, 1.54) is 22.7 Å². The molecular formula is C12H9N3OS2. The van der Waals surface area contributed by atoms with Gasteiger partial charge in [-0.05, 0) is 25.1 Å². The molecule has 3 aromatic rings. The number of aryl methyl sites for hydroxylation is 1. The second-order valence-corrected chi connectivity index (χ2v) is 5.89. The molecule has 2 heterocycles. The molecule has 1 N–H and O–H groups in total. The van der Waals surface area contributed by atoms with Crippen LogP contribution in [0.15, 0.2) is 29.9 Å². The van der Waals surface area contributed by atoms with Gasteiger partial charge in [0.1, 0.15) is 0 Å². The van der Waals surface area contributed by atoms with Crippen LogP contribution in [0.1, 0.15) is 15.2 Å². The summed E-state index contributed by atoms with van der Waals surface area (Å²) >= 11 is 2.99. The first-order valence-corrected chi connectivity index (χ1v) is 6.99. The van der Waals surface area contributed by atoms with Crippen LogP contribution in [0, 0.1) is 6.92 Å². The minimum Gasteiger partial charge on any atom is -0.298 e. The highest BCUT2D eigenvalue weighted by atomic mass is 32.1. The van der Waals surface area contributed by atoms with Crippen LogP contribution >= 0.6 is 22.7 Å². The molecule has 0 aliphatic heterocycles. The quantitative estimate of drug-likeness (QED) is 0.780. The predicted octanol–water partition coefficient (Wildman–Crippen LogP) is 3.31. The maximum absolute atomic E-state index is 12.0. The van der Waals surface area contributed by atoms with Crippen molar-refractivity contribution < 1.29 is 4.79 Å². The van der Waals surface area contributed by atoms with Crippen LogP contribution in [0.3, 0.4) is 0 Å². The first-order chi connectivity index (χ1) is 8.72.